The van der Waals surface area contributed by atoms with Crippen LogP contribution in [0.15, 0.2) is 28.1 Å². The van der Waals surface area contributed by atoms with Gasteiger partial charge in [0.15, 0.2) is 0 Å². The molecule has 1 unspecified atom stereocenters. The van der Waals surface area contributed by atoms with Crippen LogP contribution in [0.5, 0.6) is 0 Å². The first-order valence-corrected chi connectivity index (χ1v) is 6.06. The normalized spacial score (nSPS) is 18.6. The molecule has 0 saturated heterocycles. The third-order valence-electron chi connectivity index (χ3n) is 2.07. The average Bonchev–Trinajstić information content (AvgIpc) is 2.29. The molecule has 0 saturated carbocycles. The lowest BCUT2D eigenvalue weighted by Gasteiger charge is -2.21. The number of anilines is 1. The molecule has 0 amide bonds. The number of fused-ring (bicyclic) bond motifs is 1. The topological polar surface area (TPSA) is 56.7 Å². The Hall–Kier alpha value is -0.910. The van der Waals surface area contributed by atoms with Crippen LogP contribution in [0, 0.1) is 0 Å². The Labute approximate surface area is 103 Å². The second-order valence-electron chi connectivity index (χ2n) is 3.48. The van der Waals surface area contributed by atoms with Gasteiger partial charge < -0.3 is 10.4 Å². The van der Waals surface area contributed by atoms with Gasteiger partial charge in [-0.15, -0.1) is 0 Å². The molecule has 0 spiro atoms. The highest BCUT2D eigenvalue weighted by atomic mass is 35.5. The van der Waals surface area contributed by atoms with Crippen molar-refractivity contribution in [3.63, 3.8) is 0 Å². The summed E-state index contributed by atoms with van der Waals surface area (Å²) in [5.74, 6) is 0.654. The van der Waals surface area contributed by atoms with Gasteiger partial charge >= 0.3 is 0 Å². The van der Waals surface area contributed by atoms with Gasteiger partial charge in [-0.3, -0.25) is 4.72 Å². The fraction of sp³-hybridized carbons (Fsp3) is 0.300. The molecule has 6 heteroatoms. The summed E-state index contributed by atoms with van der Waals surface area (Å²) in [7, 11) is 0. The van der Waals surface area contributed by atoms with E-state index in [0.717, 1.165) is 10.6 Å². The molecule has 1 aromatic rings. The second kappa shape index (κ2) is 4.95. The van der Waals surface area contributed by atoms with Crippen molar-refractivity contribution in [1.29, 1.82) is 0 Å². The molecule has 0 bridgehead atoms. The molecule has 86 valence electrons. The summed E-state index contributed by atoms with van der Waals surface area (Å²) in [5.41, 5.74) is 0.969. The Morgan fingerprint density at radius 2 is 2.38 bits per heavy atom. The summed E-state index contributed by atoms with van der Waals surface area (Å²) in [6.45, 7) is 1.88. The van der Waals surface area contributed by atoms with Crippen LogP contribution in [0.1, 0.15) is 6.92 Å². The van der Waals surface area contributed by atoms with Crippen LogP contribution in [-0.4, -0.2) is 23.7 Å². The molecule has 0 aliphatic carbocycles. The molecule has 16 heavy (non-hydrogen) atoms. The lowest BCUT2D eigenvalue weighted by molar-refractivity contribution is 0.274. The largest absolute Gasteiger partial charge is 0.394 e. The molecular formula is C10H12ClN3OS. The Morgan fingerprint density at radius 3 is 3.12 bits per heavy atom. The first kappa shape index (κ1) is 11.6. The number of rotatable bonds is 2. The van der Waals surface area contributed by atoms with Gasteiger partial charge in [0.2, 0.25) is 5.96 Å². The third kappa shape index (κ3) is 2.61. The van der Waals surface area contributed by atoms with Gasteiger partial charge in [0, 0.05) is 5.02 Å². The lowest BCUT2D eigenvalue weighted by atomic mass is 10.3. The molecule has 1 heterocycles. The van der Waals surface area contributed by atoms with Crippen LogP contribution < -0.4 is 10.0 Å². The molecular weight excluding hydrogens is 246 g/mol. The average molecular weight is 258 g/mol. The van der Waals surface area contributed by atoms with Crippen molar-refractivity contribution in [3.8, 4) is 0 Å². The first-order valence-electron chi connectivity index (χ1n) is 4.87. The highest BCUT2D eigenvalue weighted by Gasteiger charge is 2.14. The summed E-state index contributed by atoms with van der Waals surface area (Å²) in [6.07, 6.45) is 0. The van der Waals surface area contributed by atoms with Crippen LogP contribution in [0.2, 0.25) is 5.02 Å². The zero-order valence-corrected chi connectivity index (χ0v) is 10.3. The molecule has 0 fully saturated rings. The number of aliphatic hydroxyl groups excluding tert-OH is 1. The van der Waals surface area contributed by atoms with Crippen LogP contribution in [0.3, 0.4) is 0 Å². The predicted molar refractivity (Wildman–Crippen MR) is 68.1 cm³/mol. The van der Waals surface area contributed by atoms with Gasteiger partial charge in [0.1, 0.15) is 0 Å². The predicted octanol–water partition coefficient (Wildman–Crippen LogP) is 2.10. The monoisotopic (exact) mass is 257 g/mol. The minimum atomic E-state index is -0.121. The van der Waals surface area contributed by atoms with Crippen LogP contribution in [-0.2, 0) is 0 Å². The number of guanidine groups is 1. The number of halogens is 1. The molecule has 3 N–H and O–H groups in total. The summed E-state index contributed by atoms with van der Waals surface area (Å²) in [4.78, 5) is 5.30. The Bertz CT molecular complexity index is 425. The number of benzene rings is 1. The van der Waals surface area contributed by atoms with Crippen LogP contribution in [0.25, 0.3) is 0 Å². The van der Waals surface area contributed by atoms with Crippen molar-refractivity contribution in [2.24, 2.45) is 4.99 Å². The smallest absolute Gasteiger partial charge is 0.206 e. The Balaban J connectivity index is 2.18. The maximum Gasteiger partial charge on any atom is 0.206 e. The van der Waals surface area contributed by atoms with Crippen molar-refractivity contribution in [1.82, 2.24) is 4.72 Å². The molecule has 1 aromatic carbocycles. The first-order chi connectivity index (χ1) is 7.69. The maximum atomic E-state index is 8.91. The van der Waals surface area contributed by atoms with Crippen molar-refractivity contribution < 1.29 is 5.11 Å². The van der Waals surface area contributed by atoms with Crippen LogP contribution >= 0.6 is 23.5 Å². The number of nitrogens with one attached hydrogen (secondary N) is 2. The van der Waals surface area contributed by atoms with Gasteiger partial charge in [0.05, 0.1) is 23.2 Å². The van der Waals surface area contributed by atoms with Crippen LogP contribution in [0.4, 0.5) is 5.69 Å². The van der Waals surface area contributed by atoms with Crippen molar-refractivity contribution in [2.75, 3.05) is 11.9 Å². The number of hydrogen-bond acceptors (Lipinski definition) is 3. The molecule has 1 atom stereocenters. The van der Waals surface area contributed by atoms with Crippen molar-refractivity contribution in [2.45, 2.75) is 17.9 Å². The fourth-order valence-corrected chi connectivity index (χ4v) is 2.22. The number of hydrogen-bond donors (Lipinski definition) is 3. The third-order valence-corrected chi connectivity index (χ3v) is 3.16. The van der Waals surface area contributed by atoms with E-state index in [1.807, 2.05) is 25.1 Å². The molecule has 0 aromatic heterocycles. The highest BCUT2D eigenvalue weighted by molar-refractivity contribution is 7.98. The van der Waals surface area contributed by atoms with E-state index in [-0.39, 0.29) is 12.6 Å². The van der Waals surface area contributed by atoms with E-state index in [4.69, 9.17) is 16.7 Å². The number of aliphatic hydroxyl groups is 1. The van der Waals surface area contributed by atoms with E-state index < -0.39 is 0 Å². The Morgan fingerprint density at radius 1 is 1.56 bits per heavy atom. The molecule has 2 rings (SSSR count). The minimum Gasteiger partial charge on any atom is -0.394 e. The number of aliphatic imine (C=N–C) groups is 1. The maximum absolute atomic E-state index is 8.91. The summed E-state index contributed by atoms with van der Waals surface area (Å²) in [6, 6.07) is 5.50. The highest BCUT2D eigenvalue weighted by Crippen LogP contribution is 2.31. The van der Waals surface area contributed by atoms with E-state index in [9.17, 15) is 0 Å². The minimum absolute atomic E-state index is 0.0327. The quantitative estimate of drug-likeness (QED) is 0.711. The SMILES string of the molecule is CC(CO)N=C1NSc2cc(Cl)ccc2N1. The van der Waals surface area contributed by atoms with Gasteiger partial charge in [0.25, 0.3) is 0 Å². The second-order valence-corrected chi connectivity index (χ2v) is 4.76. The summed E-state index contributed by atoms with van der Waals surface area (Å²) in [5, 5.41) is 12.8. The van der Waals surface area contributed by atoms with Gasteiger partial charge in [-0.05, 0) is 37.1 Å². The molecule has 4 nitrogen and oxygen atoms in total. The van der Waals surface area contributed by atoms with Gasteiger partial charge in [-0.2, -0.15) is 0 Å². The molecule has 0 radical (unpaired) electrons. The van der Waals surface area contributed by atoms with E-state index >= 15 is 0 Å². The zero-order chi connectivity index (χ0) is 11.5. The van der Waals surface area contributed by atoms with E-state index in [2.05, 4.69) is 15.0 Å². The van der Waals surface area contributed by atoms with Gasteiger partial charge in [-0.1, -0.05) is 11.6 Å². The van der Waals surface area contributed by atoms with Gasteiger partial charge in [-0.25, -0.2) is 4.99 Å². The molecule has 1 aliphatic heterocycles. The summed E-state index contributed by atoms with van der Waals surface area (Å²) >= 11 is 7.34. The molecule has 1 aliphatic rings. The van der Waals surface area contributed by atoms with E-state index in [0.29, 0.717) is 11.0 Å². The summed E-state index contributed by atoms with van der Waals surface area (Å²) < 4.78 is 3.05. The van der Waals surface area contributed by atoms with Crippen molar-refractivity contribution >= 4 is 35.2 Å². The Kier molecular flexibility index (Phi) is 3.58. The fourth-order valence-electron chi connectivity index (χ4n) is 1.26. The van der Waals surface area contributed by atoms with E-state index in [1.165, 1.54) is 11.9 Å². The zero-order valence-electron chi connectivity index (χ0n) is 8.70. The van der Waals surface area contributed by atoms with E-state index in [1.54, 1.807) is 0 Å². The number of nitrogens with zero attached hydrogens (tertiary/aromatic N) is 1. The standard InChI is InChI=1S/C10H12ClN3OS/c1-6(5-15)12-10-13-8-3-2-7(11)4-9(8)16-14-10/h2-4,6,15H,5H2,1H3,(H2,12,13,14). The van der Waals surface area contributed by atoms with Crippen molar-refractivity contribution in [3.05, 3.63) is 23.2 Å². The lowest BCUT2D eigenvalue weighted by Crippen LogP contribution is -2.31.